The van der Waals surface area contributed by atoms with E-state index in [9.17, 15) is 18.0 Å². The molecule has 1 aromatic heterocycles. The molecule has 5 N–H and O–H groups in total. The van der Waals surface area contributed by atoms with Gasteiger partial charge in [-0.2, -0.15) is 18.2 Å². The summed E-state index contributed by atoms with van der Waals surface area (Å²) in [6.07, 6.45) is -2.54. The Morgan fingerprint density at radius 1 is 1.37 bits per heavy atom. The van der Waals surface area contributed by atoms with Crippen LogP contribution in [-0.2, 0) is 0 Å². The molecule has 1 amide bonds. The molecular weight excluding hydrogens is 365 g/mol. The Hall–Kier alpha value is -3.24. The van der Waals surface area contributed by atoms with Crippen molar-refractivity contribution >= 4 is 29.0 Å². The first-order valence-electron chi connectivity index (χ1n) is 8.07. The number of hydrogen-bond donors (Lipinski definition) is 4. The van der Waals surface area contributed by atoms with E-state index in [0.29, 0.717) is 18.0 Å². The Labute approximate surface area is 152 Å². The number of nitrogens with one attached hydrogen (secondary N) is 3. The molecule has 0 spiro atoms. The van der Waals surface area contributed by atoms with E-state index < -0.39 is 18.6 Å². The largest absolute Gasteiger partial charge is 0.491 e. The summed E-state index contributed by atoms with van der Waals surface area (Å²) in [4.78, 5) is 19.3. The average Bonchev–Trinajstić information content (AvgIpc) is 2.84. The van der Waals surface area contributed by atoms with Crippen LogP contribution in [0.2, 0.25) is 0 Å². The number of fused-ring (bicyclic) bond motifs is 1. The number of amides is 1. The summed E-state index contributed by atoms with van der Waals surface area (Å²) in [6, 6.07) is 5.26. The Kier molecular flexibility index (Phi) is 5.19. The summed E-state index contributed by atoms with van der Waals surface area (Å²) in [7, 11) is 0. The van der Waals surface area contributed by atoms with Crippen molar-refractivity contribution in [2.24, 2.45) is 5.73 Å². The Morgan fingerprint density at radius 3 is 2.93 bits per heavy atom. The highest BCUT2D eigenvalue weighted by Crippen LogP contribution is 2.30. The summed E-state index contributed by atoms with van der Waals surface area (Å²) < 4.78 is 43.0. The quantitative estimate of drug-likeness (QED) is 0.628. The zero-order valence-corrected chi connectivity index (χ0v) is 14.1. The second-order valence-electron chi connectivity index (χ2n) is 5.75. The molecule has 0 radical (unpaired) electrons. The maximum Gasteiger partial charge on any atom is 0.405 e. The molecule has 1 aliphatic heterocycles. The van der Waals surface area contributed by atoms with E-state index in [0.717, 1.165) is 24.8 Å². The van der Waals surface area contributed by atoms with Gasteiger partial charge >= 0.3 is 6.18 Å². The van der Waals surface area contributed by atoms with Crippen LogP contribution >= 0.6 is 0 Å². The van der Waals surface area contributed by atoms with Gasteiger partial charge in [-0.3, -0.25) is 4.79 Å². The molecule has 3 rings (SSSR count). The number of ether oxygens (including phenoxy) is 1. The molecule has 0 bridgehead atoms. The standard InChI is InChI=1S/C16H17F3N6O2/c17-16(18,19)8-23-14-10(13(20)26)7-22-15(25-14)24-9-2-3-12-11(6-9)21-4-1-5-27-12/h2-3,6-7,21H,1,4-5,8H2,(H2,20,26)(H2,22,23,24,25). The van der Waals surface area contributed by atoms with Crippen LogP contribution in [0.5, 0.6) is 5.75 Å². The fourth-order valence-electron chi connectivity index (χ4n) is 2.42. The molecule has 1 aromatic carbocycles. The van der Waals surface area contributed by atoms with Gasteiger partial charge in [0.05, 0.1) is 17.9 Å². The van der Waals surface area contributed by atoms with Crippen LogP contribution in [0, 0.1) is 0 Å². The van der Waals surface area contributed by atoms with Gasteiger partial charge in [0.15, 0.2) is 0 Å². The number of benzene rings is 1. The van der Waals surface area contributed by atoms with Gasteiger partial charge in [-0.1, -0.05) is 0 Å². The van der Waals surface area contributed by atoms with Crippen LogP contribution in [-0.4, -0.2) is 41.7 Å². The lowest BCUT2D eigenvalue weighted by molar-refractivity contribution is -0.115. The predicted molar refractivity (Wildman–Crippen MR) is 93.4 cm³/mol. The van der Waals surface area contributed by atoms with Gasteiger partial charge in [0.1, 0.15) is 18.1 Å². The summed E-state index contributed by atoms with van der Waals surface area (Å²) >= 11 is 0. The van der Waals surface area contributed by atoms with Crippen LogP contribution in [0.3, 0.4) is 0 Å². The minimum atomic E-state index is -4.48. The fourth-order valence-corrected chi connectivity index (χ4v) is 2.42. The normalized spacial score (nSPS) is 13.6. The van der Waals surface area contributed by atoms with E-state index in [2.05, 4.69) is 25.9 Å². The number of carbonyl (C=O) groups is 1. The minimum Gasteiger partial charge on any atom is -0.491 e. The second kappa shape index (κ2) is 7.56. The fraction of sp³-hybridized carbons (Fsp3) is 0.312. The van der Waals surface area contributed by atoms with E-state index in [-0.39, 0.29) is 17.3 Å². The number of primary amides is 1. The van der Waals surface area contributed by atoms with Gasteiger partial charge in [0, 0.05) is 18.4 Å². The molecule has 0 fully saturated rings. The highest BCUT2D eigenvalue weighted by atomic mass is 19.4. The van der Waals surface area contributed by atoms with Crippen molar-refractivity contribution in [3.63, 3.8) is 0 Å². The molecule has 0 aliphatic carbocycles. The van der Waals surface area contributed by atoms with Gasteiger partial charge < -0.3 is 26.4 Å². The van der Waals surface area contributed by atoms with E-state index in [1.165, 1.54) is 0 Å². The molecule has 0 atom stereocenters. The smallest absolute Gasteiger partial charge is 0.405 e. The molecule has 0 unspecified atom stereocenters. The number of hydrogen-bond acceptors (Lipinski definition) is 7. The monoisotopic (exact) mass is 382 g/mol. The third-order valence-corrected chi connectivity index (χ3v) is 3.64. The third-order valence-electron chi connectivity index (χ3n) is 3.64. The molecule has 8 nitrogen and oxygen atoms in total. The first kappa shape index (κ1) is 18.5. The van der Waals surface area contributed by atoms with Crippen LogP contribution < -0.4 is 26.4 Å². The van der Waals surface area contributed by atoms with Gasteiger partial charge in [-0.05, 0) is 24.6 Å². The summed E-state index contributed by atoms with van der Waals surface area (Å²) in [5, 5.41) is 8.18. The summed E-state index contributed by atoms with van der Waals surface area (Å²) in [6.45, 7) is 0.00824. The number of nitrogens with zero attached hydrogens (tertiary/aromatic N) is 2. The van der Waals surface area contributed by atoms with E-state index in [1.807, 2.05) is 0 Å². The second-order valence-corrected chi connectivity index (χ2v) is 5.75. The maximum atomic E-state index is 12.5. The van der Waals surface area contributed by atoms with Gasteiger partial charge in [-0.15, -0.1) is 0 Å². The van der Waals surface area contributed by atoms with Crippen molar-refractivity contribution in [2.75, 3.05) is 35.6 Å². The first-order chi connectivity index (χ1) is 12.8. The van der Waals surface area contributed by atoms with Crippen molar-refractivity contribution < 1.29 is 22.7 Å². The summed E-state index contributed by atoms with van der Waals surface area (Å²) in [5.41, 5.74) is 6.31. The van der Waals surface area contributed by atoms with Crippen LogP contribution in [0.1, 0.15) is 16.8 Å². The highest BCUT2D eigenvalue weighted by molar-refractivity contribution is 5.97. The number of aromatic nitrogens is 2. The van der Waals surface area contributed by atoms with Crippen molar-refractivity contribution in [2.45, 2.75) is 12.6 Å². The highest BCUT2D eigenvalue weighted by Gasteiger charge is 2.28. The SMILES string of the molecule is NC(=O)c1cnc(Nc2ccc3c(c2)NCCCO3)nc1NCC(F)(F)F. The van der Waals surface area contributed by atoms with Crippen molar-refractivity contribution in [1.29, 1.82) is 0 Å². The number of rotatable bonds is 5. The number of alkyl halides is 3. The summed E-state index contributed by atoms with van der Waals surface area (Å²) in [5.74, 6) is -0.513. The number of nitrogens with two attached hydrogens (primary N) is 1. The topological polar surface area (TPSA) is 114 Å². The number of anilines is 4. The van der Waals surface area contributed by atoms with Gasteiger partial charge in [0.25, 0.3) is 5.91 Å². The Bertz CT molecular complexity index is 843. The van der Waals surface area contributed by atoms with Crippen molar-refractivity contribution in [1.82, 2.24) is 9.97 Å². The molecule has 0 saturated carbocycles. The zero-order chi connectivity index (χ0) is 19.4. The molecule has 0 saturated heterocycles. The molecule has 144 valence electrons. The molecule has 1 aliphatic rings. The predicted octanol–water partition coefficient (Wildman–Crippen LogP) is 2.49. The molecular formula is C16H17F3N6O2. The number of carbonyl (C=O) groups excluding carboxylic acids is 1. The molecule has 11 heteroatoms. The van der Waals surface area contributed by atoms with Crippen molar-refractivity contribution in [3.8, 4) is 5.75 Å². The van der Waals surface area contributed by atoms with Gasteiger partial charge in [-0.25, -0.2) is 4.98 Å². The Morgan fingerprint density at radius 2 is 2.19 bits per heavy atom. The van der Waals surface area contributed by atoms with Crippen LogP contribution in [0.25, 0.3) is 0 Å². The number of halogens is 3. The third kappa shape index (κ3) is 4.90. The first-order valence-corrected chi connectivity index (χ1v) is 8.07. The zero-order valence-electron chi connectivity index (χ0n) is 14.1. The van der Waals surface area contributed by atoms with E-state index in [1.54, 1.807) is 18.2 Å². The lowest BCUT2D eigenvalue weighted by Gasteiger charge is -2.14. The van der Waals surface area contributed by atoms with Crippen LogP contribution in [0.4, 0.5) is 36.3 Å². The lowest BCUT2D eigenvalue weighted by Crippen LogP contribution is -2.24. The maximum absolute atomic E-state index is 12.5. The van der Waals surface area contributed by atoms with Crippen molar-refractivity contribution in [3.05, 3.63) is 30.0 Å². The molecule has 2 heterocycles. The van der Waals surface area contributed by atoms with E-state index >= 15 is 0 Å². The molecule has 27 heavy (non-hydrogen) atoms. The van der Waals surface area contributed by atoms with Crippen LogP contribution in [0.15, 0.2) is 24.4 Å². The van der Waals surface area contributed by atoms with Gasteiger partial charge in [0.2, 0.25) is 5.95 Å². The Balaban J connectivity index is 1.82. The van der Waals surface area contributed by atoms with E-state index in [4.69, 9.17) is 10.5 Å². The average molecular weight is 382 g/mol. The lowest BCUT2D eigenvalue weighted by atomic mass is 10.2. The minimum absolute atomic E-state index is 0.0131. The molecule has 2 aromatic rings.